The van der Waals surface area contributed by atoms with Crippen molar-refractivity contribution in [3.8, 4) is 0 Å². The molecule has 0 aromatic heterocycles. The first-order chi connectivity index (χ1) is 13.3. The zero-order valence-corrected chi connectivity index (χ0v) is 20.0. The Morgan fingerprint density at radius 2 is 1.52 bits per heavy atom. The third-order valence-electron chi connectivity index (χ3n) is 4.38. The van der Waals surface area contributed by atoms with E-state index >= 15 is 0 Å². The Kier molecular flexibility index (Phi) is 14.2. The van der Waals surface area contributed by atoms with Crippen LogP contribution in [-0.4, -0.2) is 6.61 Å². The van der Waals surface area contributed by atoms with Crippen molar-refractivity contribution in [1.82, 2.24) is 0 Å². The van der Waals surface area contributed by atoms with Gasteiger partial charge in [-0.15, -0.1) is 0 Å². The number of phosphoric ester groups is 1. The molecule has 0 rings (SSSR count). The van der Waals surface area contributed by atoms with Gasteiger partial charge in [-0.2, -0.15) is 0 Å². The van der Waals surface area contributed by atoms with Crippen LogP contribution in [0, 0.1) is 5.92 Å². The van der Waals surface area contributed by atoms with E-state index in [4.69, 9.17) is 0 Å². The summed E-state index contributed by atoms with van der Waals surface area (Å²) in [6.07, 6.45) is 13.3. The van der Waals surface area contributed by atoms with Crippen molar-refractivity contribution < 1.29 is 32.6 Å². The third-order valence-corrected chi connectivity index (χ3v) is 6.44. The van der Waals surface area contributed by atoms with Gasteiger partial charge in [0, 0.05) is 0 Å². The average molecular weight is 449 g/mol. The van der Waals surface area contributed by atoms with Gasteiger partial charge in [0.25, 0.3) is 7.82 Å². The van der Waals surface area contributed by atoms with Crippen molar-refractivity contribution in [2.75, 3.05) is 6.61 Å². The van der Waals surface area contributed by atoms with Crippen LogP contribution in [-0.2, 0) is 18.0 Å². The summed E-state index contributed by atoms with van der Waals surface area (Å²) in [4.78, 5) is 31.8. The van der Waals surface area contributed by atoms with E-state index in [1.165, 1.54) is 17.2 Å². The predicted molar refractivity (Wildman–Crippen MR) is 111 cm³/mol. The van der Waals surface area contributed by atoms with E-state index in [1.54, 1.807) is 0 Å². The van der Waals surface area contributed by atoms with Crippen molar-refractivity contribution in [3.63, 3.8) is 0 Å². The molecular formula is C20H35O7P2-3. The number of hydrogen-bond acceptors (Lipinski definition) is 7. The second-order valence-corrected chi connectivity index (χ2v) is 10.5. The molecule has 0 aliphatic heterocycles. The van der Waals surface area contributed by atoms with Crippen LogP contribution in [0.25, 0.3) is 0 Å². The van der Waals surface area contributed by atoms with Gasteiger partial charge < -0.3 is 23.8 Å². The second kappa shape index (κ2) is 14.5. The lowest BCUT2D eigenvalue weighted by molar-refractivity contribution is -0.339. The monoisotopic (exact) mass is 449 g/mol. The van der Waals surface area contributed by atoms with Crippen molar-refractivity contribution >= 4 is 15.6 Å². The van der Waals surface area contributed by atoms with E-state index in [1.807, 2.05) is 6.92 Å². The maximum absolute atomic E-state index is 11.1. The zero-order chi connectivity index (χ0) is 22.5. The molecule has 0 saturated carbocycles. The van der Waals surface area contributed by atoms with Crippen molar-refractivity contribution in [1.29, 1.82) is 0 Å². The summed E-state index contributed by atoms with van der Waals surface area (Å²) in [7, 11) is -10.8. The van der Waals surface area contributed by atoms with Crippen LogP contribution in [0.4, 0.5) is 0 Å². The molecule has 0 spiro atoms. The number of allylic oxidation sites excluding steroid dienone is 5. The first kappa shape index (κ1) is 28.5. The van der Waals surface area contributed by atoms with E-state index < -0.39 is 15.6 Å². The molecule has 7 nitrogen and oxygen atoms in total. The van der Waals surface area contributed by atoms with Crippen LogP contribution in [0.3, 0.4) is 0 Å². The third kappa shape index (κ3) is 19.2. The highest BCUT2D eigenvalue weighted by Gasteiger charge is 2.10. The highest BCUT2D eigenvalue weighted by molar-refractivity contribution is 7.58. The summed E-state index contributed by atoms with van der Waals surface area (Å²) in [6, 6.07) is 0. The van der Waals surface area contributed by atoms with Gasteiger partial charge in [-0.05, 0) is 72.1 Å². The Morgan fingerprint density at radius 1 is 0.897 bits per heavy atom. The lowest BCUT2D eigenvalue weighted by Gasteiger charge is -2.34. The van der Waals surface area contributed by atoms with Gasteiger partial charge in [0.15, 0.2) is 0 Å². The van der Waals surface area contributed by atoms with Gasteiger partial charge in [-0.1, -0.05) is 48.3 Å². The molecule has 0 aromatic carbocycles. The molecule has 0 aliphatic carbocycles. The van der Waals surface area contributed by atoms with E-state index in [0.29, 0.717) is 5.92 Å². The average Bonchev–Trinajstić information content (AvgIpc) is 2.51. The SMILES string of the molecule is CC(C)=CCC/C(C)=C/CC[C@@H](C)CCC/C(C)=C/COP(=O)([O-])OP(=O)([O-])[O-]. The molecular weight excluding hydrogens is 414 g/mol. The summed E-state index contributed by atoms with van der Waals surface area (Å²) in [5.41, 5.74) is 3.71. The van der Waals surface area contributed by atoms with Crippen LogP contribution >= 0.6 is 15.6 Å². The minimum absolute atomic E-state index is 0.362. The van der Waals surface area contributed by atoms with E-state index in [9.17, 15) is 23.8 Å². The van der Waals surface area contributed by atoms with Crippen LogP contribution in [0.15, 0.2) is 34.9 Å². The molecule has 0 aliphatic rings. The van der Waals surface area contributed by atoms with Crippen molar-refractivity contribution in [2.45, 2.75) is 79.6 Å². The molecule has 0 saturated heterocycles. The number of rotatable bonds is 15. The Morgan fingerprint density at radius 3 is 2.10 bits per heavy atom. The topological polar surface area (TPSA) is 122 Å². The van der Waals surface area contributed by atoms with Gasteiger partial charge in [-0.3, -0.25) is 8.88 Å². The molecule has 0 N–H and O–H groups in total. The highest BCUT2D eigenvalue weighted by Crippen LogP contribution is 2.50. The van der Waals surface area contributed by atoms with Crippen LogP contribution < -0.4 is 14.7 Å². The molecule has 2 atom stereocenters. The van der Waals surface area contributed by atoms with Gasteiger partial charge >= 0.3 is 0 Å². The fourth-order valence-corrected chi connectivity index (χ4v) is 4.12. The van der Waals surface area contributed by atoms with Gasteiger partial charge in [-0.25, -0.2) is 0 Å². The van der Waals surface area contributed by atoms with Crippen LogP contribution in [0.1, 0.15) is 79.6 Å². The Labute approximate surface area is 175 Å². The van der Waals surface area contributed by atoms with E-state index in [2.05, 4.69) is 48.7 Å². The van der Waals surface area contributed by atoms with Gasteiger partial charge in [0.05, 0.1) is 14.4 Å². The smallest absolute Gasteiger partial charge is 0.272 e. The lowest BCUT2D eigenvalue weighted by atomic mass is 9.96. The molecule has 0 aromatic rings. The quantitative estimate of drug-likeness (QED) is 0.266. The normalized spacial score (nSPS) is 16.4. The zero-order valence-electron chi connectivity index (χ0n) is 18.2. The molecule has 0 heterocycles. The summed E-state index contributed by atoms with van der Waals surface area (Å²) in [5, 5.41) is 0. The summed E-state index contributed by atoms with van der Waals surface area (Å²) < 4.78 is 29.2. The Bertz CT molecular complexity index is 658. The van der Waals surface area contributed by atoms with Crippen molar-refractivity contribution in [3.05, 3.63) is 34.9 Å². The minimum atomic E-state index is -5.63. The minimum Gasteiger partial charge on any atom is -0.790 e. The highest BCUT2D eigenvalue weighted by atomic mass is 31.3. The molecule has 0 fully saturated rings. The summed E-state index contributed by atoms with van der Waals surface area (Å²) >= 11 is 0. The number of phosphoric acid groups is 2. The fourth-order valence-electron chi connectivity index (χ4n) is 2.70. The summed E-state index contributed by atoms with van der Waals surface area (Å²) in [6.45, 7) is 10.1. The van der Waals surface area contributed by atoms with Gasteiger partial charge in [0.2, 0.25) is 0 Å². The van der Waals surface area contributed by atoms with Crippen molar-refractivity contribution in [2.24, 2.45) is 5.92 Å². The predicted octanol–water partition coefficient (Wildman–Crippen LogP) is 4.54. The Hall–Kier alpha value is -0.520. The number of hydrogen-bond donors (Lipinski definition) is 0. The molecule has 0 amide bonds. The van der Waals surface area contributed by atoms with Crippen LogP contribution in [0.2, 0.25) is 0 Å². The van der Waals surface area contributed by atoms with E-state index in [0.717, 1.165) is 50.5 Å². The van der Waals surface area contributed by atoms with Crippen LogP contribution in [0.5, 0.6) is 0 Å². The Balaban J connectivity index is 4.04. The first-order valence-corrected chi connectivity index (χ1v) is 12.9. The maximum Gasteiger partial charge on any atom is 0.272 e. The lowest BCUT2D eigenvalue weighted by Crippen LogP contribution is -2.19. The first-order valence-electron chi connectivity index (χ1n) is 9.94. The molecule has 29 heavy (non-hydrogen) atoms. The standard InChI is InChI=1S/C20H38O7P2/c1-17(2)9-6-10-18(3)11-7-12-19(4)13-8-14-20(5)15-16-26-29(24,25)27-28(21,22)23/h9,11,15,19H,6-8,10,12-14,16H2,1-5H3,(H,24,25)(H2,21,22,23)/p-3/b18-11+,20-15+/t19-/m1/s1. The maximum atomic E-state index is 11.1. The fraction of sp³-hybridized carbons (Fsp3) is 0.700. The molecule has 9 heteroatoms. The molecule has 1 unspecified atom stereocenters. The largest absolute Gasteiger partial charge is 0.790 e. The molecule has 0 bridgehead atoms. The summed E-state index contributed by atoms with van der Waals surface area (Å²) in [5.74, 6) is 0.597. The second-order valence-electron chi connectivity index (χ2n) is 7.77. The van der Waals surface area contributed by atoms with E-state index in [-0.39, 0.29) is 6.61 Å². The molecule has 0 radical (unpaired) electrons. The van der Waals surface area contributed by atoms with Gasteiger partial charge in [0.1, 0.15) is 0 Å². The molecule has 170 valence electrons.